The standard InChI is InChI=1S/C17H29N3S/c1-4-12-6-5-8-20(9-7-12)16-19-14-11-17(2,3)10-13(18)15(14)21-16/h12-13H,4-11,18H2,1-3H3. The maximum absolute atomic E-state index is 6.39. The predicted molar refractivity (Wildman–Crippen MR) is 91.0 cm³/mol. The molecule has 1 aliphatic carbocycles. The highest BCUT2D eigenvalue weighted by molar-refractivity contribution is 7.15. The van der Waals surface area contributed by atoms with Gasteiger partial charge < -0.3 is 10.6 Å². The van der Waals surface area contributed by atoms with Crippen molar-refractivity contribution in [2.45, 2.75) is 65.3 Å². The molecular formula is C17H29N3S. The van der Waals surface area contributed by atoms with Crippen molar-refractivity contribution in [1.29, 1.82) is 0 Å². The molecule has 2 heterocycles. The lowest BCUT2D eigenvalue weighted by atomic mass is 9.77. The highest BCUT2D eigenvalue weighted by Crippen LogP contribution is 2.44. The monoisotopic (exact) mass is 307 g/mol. The van der Waals surface area contributed by atoms with E-state index in [1.54, 1.807) is 0 Å². The molecule has 0 bridgehead atoms. The summed E-state index contributed by atoms with van der Waals surface area (Å²) in [5, 5.41) is 1.23. The van der Waals surface area contributed by atoms with Crippen LogP contribution >= 0.6 is 11.3 Å². The van der Waals surface area contributed by atoms with E-state index in [2.05, 4.69) is 25.7 Å². The Labute approximate surface area is 132 Å². The maximum atomic E-state index is 6.39. The van der Waals surface area contributed by atoms with Gasteiger partial charge in [-0.05, 0) is 43.4 Å². The van der Waals surface area contributed by atoms with Crippen molar-refractivity contribution in [3.05, 3.63) is 10.6 Å². The zero-order valence-electron chi connectivity index (χ0n) is 13.7. The van der Waals surface area contributed by atoms with Gasteiger partial charge in [0.05, 0.1) is 5.69 Å². The molecule has 4 heteroatoms. The molecule has 1 aliphatic heterocycles. The normalized spacial score (nSPS) is 29.0. The van der Waals surface area contributed by atoms with Crippen LogP contribution in [-0.4, -0.2) is 18.1 Å². The number of nitrogens with two attached hydrogens (primary N) is 1. The third-order valence-corrected chi connectivity index (χ3v) is 6.46. The molecule has 0 radical (unpaired) electrons. The molecule has 2 N–H and O–H groups in total. The topological polar surface area (TPSA) is 42.2 Å². The first-order valence-electron chi connectivity index (χ1n) is 8.48. The molecule has 1 aromatic heterocycles. The minimum Gasteiger partial charge on any atom is -0.348 e. The van der Waals surface area contributed by atoms with Gasteiger partial charge in [0, 0.05) is 24.0 Å². The highest BCUT2D eigenvalue weighted by atomic mass is 32.1. The molecule has 2 atom stereocenters. The van der Waals surface area contributed by atoms with E-state index in [9.17, 15) is 0 Å². The fourth-order valence-electron chi connectivity index (χ4n) is 3.88. The summed E-state index contributed by atoms with van der Waals surface area (Å²) < 4.78 is 0. The van der Waals surface area contributed by atoms with Crippen LogP contribution in [0.3, 0.4) is 0 Å². The first-order chi connectivity index (χ1) is 9.98. The zero-order chi connectivity index (χ0) is 15.0. The maximum Gasteiger partial charge on any atom is 0.185 e. The van der Waals surface area contributed by atoms with Gasteiger partial charge in [0.2, 0.25) is 0 Å². The molecule has 0 saturated carbocycles. The van der Waals surface area contributed by atoms with Gasteiger partial charge in [-0.2, -0.15) is 0 Å². The van der Waals surface area contributed by atoms with Crippen LogP contribution in [0.5, 0.6) is 0 Å². The van der Waals surface area contributed by atoms with Gasteiger partial charge >= 0.3 is 0 Å². The lowest BCUT2D eigenvalue weighted by molar-refractivity contribution is 0.282. The van der Waals surface area contributed by atoms with Crippen LogP contribution in [0.25, 0.3) is 0 Å². The molecule has 0 aromatic carbocycles. The number of rotatable bonds is 2. The van der Waals surface area contributed by atoms with Crippen LogP contribution in [-0.2, 0) is 6.42 Å². The minimum absolute atomic E-state index is 0.186. The van der Waals surface area contributed by atoms with Gasteiger partial charge in [-0.15, -0.1) is 0 Å². The first kappa shape index (κ1) is 15.3. The minimum atomic E-state index is 0.186. The Kier molecular flexibility index (Phi) is 4.28. The number of anilines is 1. The number of thiazole rings is 1. The van der Waals surface area contributed by atoms with Gasteiger partial charge in [0.1, 0.15) is 0 Å². The summed E-state index contributed by atoms with van der Waals surface area (Å²) in [6.45, 7) is 9.29. The van der Waals surface area contributed by atoms with Crippen LogP contribution in [0, 0.1) is 11.3 Å². The molecule has 2 aliphatic rings. The van der Waals surface area contributed by atoms with Crippen molar-refractivity contribution in [2.24, 2.45) is 17.1 Å². The first-order valence-corrected chi connectivity index (χ1v) is 9.30. The quantitative estimate of drug-likeness (QED) is 0.893. The van der Waals surface area contributed by atoms with Crippen molar-refractivity contribution >= 4 is 16.5 Å². The lowest BCUT2D eigenvalue weighted by Gasteiger charge is -2.32. The average Bonchev–Trinajstić information content (AvgIpc) is 2.68. The Morgan fingerprint density at radius 1 is 1.33 bits per heavy atom. The van der Waals surface area contributed by atoms with E-state index < -0.39 is 0 Å². The van der Waals surface area contributed by atoms with Crippen molar-refractivity contribution in [3.8, 4) is 0 Å². The number of nitrogens with zero attached hydrogens (tertiary/aromatic N) is 2. The van der Waals surface area contributed by atoms with Gasteiger partial charge in [0.15, 0.2) is 5.13 Å². The van der Waals surface area contributed by atoms with Crippen LogP contribution in [0.15, 0.2) is 0 Å². The summed E-state index contributed by atoms with van der Waals surface area (Å²) >= 11 is 1.86. The predicted octanol–water partition coefficient (Wildman–Crippen LogP) is 4.13. The van der Waals surface area contributed by atoms with Crippen LogP contribution < -0.4 is 10.6 Å². The Hall–Kier alpha value is -0.610. The zero-order valence-corrected chi connectivity index (χ0v) is 14.5. The molecule has 2 unspecified atom stereocenters. The molecule has 0 amide bonds. The van der Waals surface area contributed by atoms with Crippen molar-refractivity contribution in [3.63, 3.8) is 0 Å². The molecule has 0 spiro atoms. The Morgan fingerprint density at radius 2 is 2.14 bits per heavy atom. The molecular weight excluding hydrogens is 278 g/mol. The smallest absolute Gasteiger partial charge is 0.185 e. The second kappa shape index (κ2) is 5.88. The number of hydrogen-bond donors (Lipinski definition) is 1. The van der Waals surface area contributed by atoms with Crippen LogP contribution in [0.2, 0.25) is 0 Å². The van der Waals surface area contributed by atoms with Crippen molar-refractivity contribution < 1.29 is 0 Å². The highest BCUT2D eigenvalue weighted by Gasteiger charge is 2.34. The third kappa shape index (κ3) is 3.26. The molecule has 118 valence electrons. The Balaban J connectivity index is 1.78. The molecule has 1 aromatic rings. The summed E-state index contributed by atoms with van der Waals surface area (Å²) in [6, 6.07) is 0.186. The summed E-state index contributed by atoms with van der Waals surface area (Å²) in [5.74, 6) is 0.908. The van der Waals surface area contributed by atoms with E-state index in [1.807, 2.05) is 11.3 Å². The molecule has 3 nitrogen and oxygen atoms in total. The summed E-state index contributed by atoms with van der Waals surface area (Å²) in [5.41, 5.74) is 7.96. The van der Waals surface area contributed by atoms with E-state index in [0.29, 0.717) is 5.41 Å². The number of hydrogen-bond acceptors (Lipinski definition) is 4. The van der Waals surface area contributed by atoms with Crippen molar-refractivity contribution in [2.75, 3.05) is 18.0 Å². The van der Waals surface area contributed by atoms with Crippen LogP contribution in [0.4, 0.5) is 5.13 Å². The molecule has 21 heavy (non-hydrogen) atoms. The fourth-order valence-corrected chi connectivity index (χ4v) is 5.02. The van der Waals surface area contributed by atoms with Gasteiger partial charge in [0.25, 0.3) is 0 Å². The van der Waals surface area contributed by atoms with E-state index in [1.165, 1.54) is 54.5 Å². The SMILES string of the molecule is CCC1CCCN(c2nc3c(s2)C(N)CC(C)(C)C3)CC1. The van der Waals surface area contributed by atoms with E-state index >= 15 is 0 Å². The molecule has 1 fully saturated rings. The van der Waals surface area contributed by atoms with Crippen LogP contribution in [0.1, 0.15) is 69.5 Å². The number of aromatic nitrogens is 1. The molecule has 3 rings (SSSR count). The summed E-state index contributed by atoms with van der Waals surface area (Å²) in [4.78, 5) is 8.84. The summed E-state index contributed by atoms with van der Waals surface area (Å²) in [6.07, 6.45) is 7.49. The van der Waals surface area contributed by atoms with E-state index in [0.717, 1.165) is 18.8 Å². The summed E-state index contributed by atoms with van der Waals surface area (Å²) in [7, 11) is 0. The fraction of sp³-hybridized carbons (Fsp3) is 0.824. The second-order valence-corrected chi connectivity index (χ2v) is 8.66. The number of fused-ring (bicyclic) bond motifs is 1. The largest absolute Gasteiger partial charge is 0.348 e. The Bertz CT molecular complexity index is 494. The second-order valence-electron chi connectivity index (χ2n) is 7.65. The third-order valence-electron chi connectivity index (χ3n) is 5.17. The van der Waals surface area contributed by atoms with Gasteiger partial charge in [-0.1, -0.05) is 38.5 Å². The van der Waals surface area contributed by atoms with Gasteiger partial charge in [-0.25, -0.2) is 4.98 Å². The van der Waals surface area contributed by atoms with Crippen molar-refractivity contribution in [1.82, 2.24) is 4.98 Å². The lowest BCUT2D eigenvalue weighted by Crippen LogP contribution is -2.28. The average molecular weight is 308 g/mol. The van der Waals surface area contributed by atoms with Gasteiger partial charge in [-0.3, -0.25) is 0 Å². The Morgan fingerprint density at radius 3 is 2.90 bits per heavy atom. The van der Waals surface area contributed by atoms with E-state index in [4.69, 9.17) is 10.7 Å². The molecule has 1 saturated heterocycles. The van der Waals surface area contributed by atoms with E-state index in [-0.39, 0.29) is 6.04 Å².